The standard InChI is InChI=1S/C31H30FN9O4/c1-4-29(42)40-10-7-19(8-11-40)37-26-14-22-25(15-27(26)43-2)35-18-36-30(22)38-24-6-5-21(13-23(24)32)45-28-9-12-41(39-28)20-16-33-31(44-3)34-17-20/h4-6,9,12-19,37H,1,7-8,10-11H2,2-3H3,(H,35,36,38). The maximum Gasteiger partial charge on any atom is 0.316 e. The third-order valence-corrected chi connectivity index (χ3v) is 7.34. The number of piperidine rings is 1. The van der Waals surface area contributed by atoms with Gasteiger partial charge in [-0.3, -0.25) is 4.79 Å². The van der Waals surface area contributed by atoms with Crippen molar-refractivity contribution in [1.82, 2.24) is 34.6 Å². The minimum absolute atomic E-state index is 0.0625. The van der Waals surface area contributed by atoms with E-state index in [-0.39, 0.29) is 35.3 Å². The molecule has 45 heavy (non-hydrogen) atoms. The molecule has 2 N–H and O–H groups in total. The molecule has 0 unspecified atom stereocenters. The summed E-state index contributed by atoms with van der Waals surface area (Å²) < 4.78 is 33.2. The van der Waals surface area contributed by atoms with E-state index in [2.05, 4.69) is 42.2 Å². The van der Waals surface area contributed by atoms with Crippen LogP contribution in [0.1, 0.15) is 12.8 Å². The van der Waals surface area contributed by atoms with E-state index in [1.165, 1.54) is 30.3 Å². The Morgan fingerprint density at radius 1 is 1.02 bits per heavy atom. The second-order valence-electron chi connectivity index (χ2n) is 10.1. The summed E-state index contributed by atoms with van der Waals surface area (Å²) in [6.07, 6.45) is 9.09. The van der Waals surface area contributed by atoms with Gasteiger partial charge in [-0.05, 0) is 37.1 Å². The summed E-state index contributed by atoms with van der Waals surface area (Å²) in [4.78, 5) is 30.6. The molecule has 5 aromatic rings. The topological polar surface area (TPSA) is 141 Å². The van der Waals surface area contributed by atoms with Gasteiger partial charge in [0.2, 0.25) is 11.8 Å². The van der Waals surface area contributed by atoms with Gasteiger partial charge in [-0.15, -0.1) is 5.10 Å². The summed E-state index contributed by atoms with van der Waals surface area (Å²) in [5.74, 6) is 0.956. The largest absolute Gasteiger partial charge is 0.495 e. The Balaban J connectivity index is 1.17. The van der Waals surface area contributed by atoms with E-state index >= 15 is 4.39 Å². The zero-order valence-electron chi connectivity index (χ0n) is 24.6. The lowest BCUT2D eigenvalue weighted by Gasteiger charge is -2.32. The number of aromatic nitrogens is 6. The average molecular weight is 612 g/mol. The van der Waals surface area contributed by atoms with Gasteiger partial charge in [0.15, 0.2) is 0 Å². The van der Waals surface area contributed by atoms with Gasteiger partial charge >= 0.3 is 6.01 Å². The highest BCUT2D eigenvalue weighted by Crippen LogP contribution is 2.35. The van der Waals surface area contributed by atoms with Crippen LogP contribution >= 0.6 is 0 Å². The van der Waals surface area contributed by atoms with Crippen molar-refractivity contribution in [3.63, 3.8) is 0 Å². The number of hydrogen-bond acceptors (Lipinski definition) is 11. The minimum Gasteiger partial charge on any atom is -0.495 e. The number of halogens is 1. The van der Waals surface area contributed by atoms with Crippen LogP contribution in [-0.2, 0) is 4.79 Å². The second-order valence-corrected chi connectivity index (χ2v) is 10.1. The number of carbonyl (C=O) groups is 1. The number of rotatable bonds is 10. The van der Waals surface area contributed by atoms with Crippen molar-refractivity contribution >= 4 is 34.0 Å². The number of nitrogens with zero attached hydrogens (tertiary/aromatic N) is 7. The first kappa shape index (κ1) is 29.3. The molecule has 1 fully saturated rings. The van der Waals surface area contributed by atoms with Gasteiger partial charge in [0.05, 0.1) is 43.5 Å². The van der Waals surface area contributed by atoms with Crippen LogP contribution in [0.15, 0.2) is 74.0 Å². The molecular weight excluding hydrogens is 581 g/mol. The number of benzene rings is 2. The van der Waals surface area contributed by atoms with Crippen LogP contribution < -0.4 is 24.8 Å². The molecule has 0 radical (unpaired) electrons. The molecule has 4 heterocycles. The monoisotopic (exact) mass is 611 g/mol. The number of carbonyl (C=O) groups excluding carboxylic acids is 1. The molecule has 1 aliphatic rings. The molecule has 2 aromatic carbocycles. The molecule has 1 amide bonds. The normalized spacial score (nSPS) is 13.4. The molecule has 0 atom stereocenters. The fourth-order valence-corrected chi connectivity index (χ4v) is 5.01. The Kier molecular flexibility index (Phi) is 8.35. The van der Waals surface area contributed by atoms with Crippen molar-refractivity contribution in [3.05, 3.63) is 79.8 Å². The van der Waals surface area contributed by atoms with E-state index in [4.69, 9.17) is 14.2 Å². The first-order valence-electron chi connectivity index (χ1n) is 14.1. The molecule has 6 rings (SSSR count). The molecule has 13 nitrogen and oxygen atoms in total. The van der Waals surface area contributed by atoms with E-state index in [1.807, 2.05) is 12.1 Å². The molecule has 0 saturated carbocycles. The average Bonchev–Trinajstić information content (AvgIpc) is 3.54. The summed E-state index contributed by atoms with van der Waals surface area (Å²) >= 11 is 0. The summed E-state index contributed by atoms with van der Waals surface area (Å²) in [5.41, 5.74) is 2.18. The Bertz CT molecular complexity index is 1840. The van der Waals surface area contributed by atoms with Crippen LogP contribution in [0.5, 0.6) is 23.4 Å². The van der Waals surface area contributed by atoms with Gasteiger partial charge in [-0.25, -0.2) is 29.0 Å². The lowest BCUT2D eigenvalue weighted by molar-refractivity contribution is -0.126. The number of ether oxygens (including phenoxy) is 3. The Morgan fingerprint density at radius 2 is 1.82 bits per heavy atom. The Morgan fingerprint density at radius 3 is 2.53 bits per heavy atom. The first-order chi connectivity index (χ1) is 21.9. The fourth-order valence-electron chi connectivity index (χ4n) is 5.01. The predicted octanol–water partition coefficient (Wildman–Crippen LogP) is 4.89. The van der Waals surface area contributed by atoms with Crippen molar-refractivity contribution in [3.8, 4) is 29.1 Å². The van der Waals surface area contributed by atoms with Crippen molar-refractivity contribution in [2.24, 2.45) is 0 Å². The van der Waals surface area contributed by atoms with E-state index in [1.54, 1.807) is 48.8 Å². The molecule has 1 aliphatic heterocycles. The number of amides is 1. The molecule has 1 saturated heterocycles. The van der Waals surface area contributed by atoms with E-state index < -0.39 is 5.82 Å². The van der Waals surface area contributed by atoms with Crippen molar-refractivity contribution in [2.45, 2.75) is 18.9 Å². The molecule has 0 spiro atoms. The molecule has 14 heteroatoms. The molecule has 3 aromatic heterocycles. The van der Waals surface area contributed by atoms with Gasteiger partial charge in [-0.2, -0.15) is 0 Å². The maximum absolute atomic E-state index is 15.3. The van der Waals surface area contributed by atoms with Gasteiger partial charge in [0.1, 0.15) is 35.1 Å². The number of nitrogens with one attached hydrogen (secondary N) is 2. The summed E-state index contributed by atoms with van der Waals surface area (Å²) in [6, 6.07) is 10.2. The number of methoxy groups -OCH3 is 2. The summed E-state index contributed by atoms with van der Waals surface area (Å²) in [5, 5.41) is 11.6. The first-order valence-corrected chi connectivity index (χ1v) is 14.1. The van der Waals surface area contributed by atoms with Crippen LogP contribution in [0, 0.1) is 5.82 Å². The quantitative estimate of drug-likeness (QED) is 0.209. The van der Waals surface area contributed by atoms with Crippen molar-refractivity contribution < 1.29 is 23.4 Å². The molecule has 0 bridgehead atoms. The zero-order valence-corrected chi connectivity index (χ0v) is 24.6. The van der Waals surface area contributed by atoms with E-state index in [0.29, 0.717) is 41.2 Å². The van der Waals surface area contributed by atoms with Crippen LogP contribution in [-0.4, -0.2) is 73.9 Å². The summed E-state index contributed by atoms with van der Waals surface area (Å²) in [6.45, 7) is 4.84. The lowest BCUT2D eigenvalue weighted by Crippen LogP contribution is -2.41. The third kappa shape index (κ3) is 6.44. The lowest BCUT2D eigenvalue weighted by atomic mass is 10.0. The predicted molar refractivity (Wildman–Crippen MR) is 165 cm³/mol. The molecule has 230 valence electrons. The molecular formula is C31H30FN9O4. The Labute approximate surface area is 257 Å². The van der Waals surface area contributed by atoms with Crippen LogP contribution in [0.25, 0.3) is 16.6 Å². The fraction of sp³-hybridized carbons (Fsp3) is 0.226. The SMILES string of the molecule is C=CC(=O)N1CCC(Nc2cc3c(Nc4ccc(Oc5ccn(-c6cnc(OC)nc6)n5)cc4F)ncnc3cc2OC)CC1. The van der Waals surface area contributed by atoms with E-state index in [9.17, 15) is 4.79 Å². The highest BCUT2D eigenvalue weighted by molar-refractivity contribution is 5.95. The number of anilines is 3. The minimum atomic E-state index is -0.546. The zero-order chi connectivity index (χ0) is 31.3. The van der Waals surface area contributed by atoms with Crippen LogP contribution in [0.3, 0.4) is 0 Å². The van der Waals surface area contributed by atoms with E-state index in [0.717, 1.165) is 18.5 Å². The number of fused-ring (bicyclic) bond motifs is 1. The van der Waals surface area contributed by atoms with Gasteiger partial charge in [-0.1, -0.05) is 6.58 Å². The van der Waals surface area contributed by atoms with Crippen LogP contribution in [0.2, 0.25) is 0 Å². The van der Waals surface area contributed by atoms with Gasteiger partial charge in [0, 0.05) is 48.9 Å². The van der Waals surface area contributed by atoms with Crippen molar-refractivity contribution in [1.29, 1.82) is 0 Å². The highest BCUT2D eigenvalue weighted by atomic mass is 19.1. The Hall–Kier alpha value is -5.79. The third-order valence-electron chi connectivity index (χ3n) is 7.34. The smallest absolute Gasteiger partial charge is 0.316 e. The van der Waals surface area contributed by atoms with Crippen molar-refractivity contribution in [2.75, 3.05) is 37.9 Å². The molecule has 0 aliphatic carbocycles. The number of hydrogen-bond donors (Lipinski definition) is 2. The summed E-state index contributed by atoms with van der Waals surface area (Å²) in [7, 11) is 3.08. The maximum atomic E-state index is 15.3. The second kappa shape index (κ2) is 12.8. The highest BCUT2D eigenvalue weighted by Gasteiger charge is 2.23. The van der Waals surface area contributed by atoms with Gasteiger partial charge in [0.25, 0.3) is 0 Å². The van der Waals surface area contributed by atoms with Gasteiger partial charge < -0.3 is 29.7 Å². The van der Waals surface area contributed by atoms with Crippen LogP contribution in [0.4, 0.5) is 21.6 Å². The number of likely N-dealkylation sites (tertiary alicyclic amines) is 1.